The predicted molar refractivity (Wildman–Crippen MR) is 78.2 cm³/mol. The van der Waals surface area contributed by atoms with E-state index >= 15 is 0 Å². The second-order valence-electron chi connectivity index (χ2n) is 4.12. The van der Waals surface area contributed by atoms with Crippen LogP contribution < -0.4 is 10.0 Å². The van der Waals surface area contributed by atoms with Crippen molar-refractivity contribution < 1.29 is 8.42 Å². The molecular weight excluding hydrogens is 276 g/mol. The lowest BCUT2D eigenvalue weighted by Gasteiger charge is -2.12. The summed E-state index contributed by atoms with van der Waals surface area (Å²) in [4.78, 5) is 8.23. The Morgan fingerprint density at radius 1 is 1.15 bits per heavy atom. The van der Waals surface area contributed by atoms with E-state index in [9.17, 15) is 8.42 Å². The van der Waals surface area contributed by atoms with Crippen molar-refractivity contribution in [3.63, 3.8) is 0 Å². The molecule has 2 aromatic heterocycles. The summed E-state index contributed by atoms with van der Waals surface area (Å²) in [5, 5.41) is 2.94. The number of hydrogen-bond donors (Lipinski definition) is 2. The van der Waals surface area contributed by atoms with Crippen LogP contribution in [0.5, 0.6) is 0 Å². The van der Waals surface area contributed by atoms with E-state index in [0.29, 0.717) is 23.7 Å². The van der Waals surface area contributed by atoms with Gasteiger partial charge in [-0.25, -0.2) is 13.4 Å². The van der Waals surface area contributed by atoms with Gasteiger partial charge in [0.1, 0.15) is 10.7 Å². The molecule has 6 nitrogen and oxygen atoms in total. The van der Waals surface area contributed by atoms with Crippen molar-refractivity contribution in [3.8, 4) is 0 Å². The Balaban J connectivity index is 2.39. The minimum absolute atomic E-state index is 0.116. The van der Waals surface area contributed by atoms with Crippen LogP contribution in [0.1, 0.15) is 12.6 Å². The molecule has 0 bridgehead atoms. The van der Waals surface area contributed by atoms with Crippen LogP contribution in [0.25, 0.3) is 0 Å². The molecule has 0 saturated heterocycles. The largest absolute Gasteiger partial charge is 0.369 e. The summed E-state index contributed by atoms with van der Waals surface area (Å²) in [6, 6.07) is 6.45. The molecule has 0 aromatic carbocycles. The van der Waals surface area contributed by atoms with E-state index in [-0.39, 0.29) is 4.90 Å². The molecule has 0 saturated carbocycles. The number of anilines is 2. The summed E-state index contributed by atoms with van der Waals surface area (Å²) in [5.41, 5.74) is 1.07. The second-order valence-corrected chi connectivity index (χ2v) is 5.77. The Morgan fingerprint density at radius 3 is 2.55 bits per heavy atom. The van der Waals surface area contributed by atoms with Gasteiger partial charge in [0.25, 0.3) is 10.0 Å². The molecule has 0 amide bonds. The Bertz CT molecular complexity index is 701. The van der Waals surface area contributed by atoms with E-state index in [0.717, 1.165) is 0 Å². The number of pyridine rings is 2. The van der Waals surface area contributed by atoms with Crippen LogP contribution >= 0.6 is 0 Å². The van der Waals surface area contributed by atoms with Crippen LogP contribution in [-0.2, 0) is 10.0 Å². The molecule has 2 N–H and O–H groups in total. The Morgan fingerprint density at radius 2 is 1.85 bits per heavy atom. The molecule has 0 fully saturated rings. The fourth-order valence-corrected chi connectivity index (χ4v) is 2.95. The van der Waals surface area contributed by atoms with Gasteiger partial charge in [0.15, 0.2) is 0 Å². The van der Waals surface area contributed by atoms with Gasteiger partial charge in [-0.1, -0.05) is 0 Å². The standard InChI is InChI=1S/C13H16N4O2S/c1-3-14-13-12(7-5-9-16-13)20(18,19)17-11-6-4-8-15-10(11)2/h4-9,17H,3H2,1-2H3,(H,14,16). The molecule has 0 aliphatic carbocycles. The van der Waals surface area contributed by atoms with Crippen LogP contribution in [0.2, 0.25) is 0 Å². The summed E-state index contributed by atoms with van der Waals surface area (Å²) in [7, 11) is -3.70. The zero-order valence-electron chi connectivity index (χ0n) is 11.3. The Hall–Kier alpha value is -2.15. The maximum atomic E-state index is 12.4. The third-order valence-electron chi connectivity index (χ3n) is 2.66. The molecule has 106 valence electrons. The van der Waals surface area contributed by atoms with E-state index in [1.54, 1.807) is 37.5 Å². The van der Waals surface area contributed by atoms with Crippen LogP contribution in [0.15, 0.2) is 41.6 Å². The third kappa shape index (κ3) is 3.05. The number of nitrogens with zero attached hydrogens (tertiary/aromatic N) is 2. The van der Waals surface area contributed by atoms with Gasteiger partial charge in [-0.2, -0.15) is 0 Å². The molecule has 0 aliphatic heterocycles. The highest BCUT2D eigenvalue weighted by Gasteiger charge is 2.20. The Kier molecular flexibility index (Phi) is 4.19. The van der Waals surface area contributed by atoms with Gasteiger partial charge in [0, 0.05) is 18.9 Å². The molecule has 2 heterocycles. The number of hydrogen-bond acceptors (Lipinski definition) is 5. The number of aryl methyl sites for hydroxylation is 1. The Labute approximate surface area is 118 Å². The van der Waals surface area contributed by atoms with E-state index in [4.69, 9.17) is 0 Å². The molecule has 2 aromatic rings. The minimum atomic E-state index is -3.70. The number of aromatic nitrogens is 2. The van der Waals surface area contributed by atoms with Crippen LogP contribution in [0.3, 0.4) is 0 Å². The molecule has 0 spiro atoms. The zero-order chi connectivity index (χ0) is 14.6. The van der Waals surface area contributed by atoms with Gasteiger partial charge >= 0.3 is 0 Å². The monoisotopic (exact) mass is 292 g/mol. The van der Waals surface area contributed by atoms with Gasteiger partial charge in [0.2, 0.25) is 0 Å². The quantitative estimate of drug-likeness (QED) is 0.880. The van der Waals surface area contributed by atoms with E-state index in [2.05, 4.69) is 20.0 Å². The smallest absolute Gasteiger partial charge is 0.265 e. The van der Waals surface area contributed by atoms with Crippen LogP contribution in [-0.4, -0.2) is 24.9 Å². The van der Waals surface area contributed by atoms with Gasteiger partial charge in [-0.05, 0) is 38.1 Å². The van der Waals surface area contributed by atoms with Crippen molar-refractivity contribution in [2.75, 3.05) is 16.6 Å². The van der Waals surface area contributed by atoms with Crippen molar-refractivity contribution in [2.45, 2.75) is 18.7 Å². The molecular formula is C13H16N4O2S. The average molecular weight is 292 g/mol. The maximum absolute atomic E-state index is 12.4. The first kappa shape index (κ1) is 14.3. The normalized spacial score (nSPS) is 11.1. The van der Waals surface area contributed by atoms with Crippen molar-refractivity contribution in [2.24, 2.45) is 0 Å². The molecule has 0 aliphatic rings. The summed E-state index contributed by atoms with van der Waals surface area (Å²) in [6.07, 6.45) is 3.16. The summed E-state index contributed by atoms with van der Waals surface area (Å²) >= 11 is 0. The van der Waals surface area contributed by atoms with Gasteiger partial charge < -0.3 is 5.32 Å². The summed E-state index contributed by atoms with van der Waals surface area (Å²) < 4.78 is 27.4. The lowest BCUT2D eigenvalue weighted by molar-refractivity contribution is 0.601. The lowest BCUT2D eigenvalue weighted by atomic mass is 10.3. The van der Waals surface area contributed by atoms with E-state index in [1.165, 1.54) is 6.07 Å². The van der Waals surface area contributed by atoms with Gasteiger partial charge in [-0.3, -0.25) is 9.71 Å². The third-order valence-corrected chi connectivity index (χ3v) is 4.05. The SMILES string of the molecule is CCNc1ncccc1S(=O)(=O)Nc1cccnc1C. The van der Waals surface area contributed by atoms with Gasteiger partial charge in [0.05, 0.1) is 11.4 Å². The van der Waals surface area contributed by atoms with Crippen molar-refractivity contribution in [1.82, 2.24) is 9.97 Å². The number of sulfonamides is 1. The number of rotatable bonds is 5. The van der Waals surface area contributed by atoms with Crippen molar-refractivity contribution >= 4 is 21.5 Å². The maximum Gasteiger partial charge on any atom is 0.265 e. The molecule has 7 heteroatoms. The molecule has 0 atom stereocenters. The molecule has 2 rings (SSSR count). The zero-order valence-corrected chi connectivity index (χ0v) is 12.1. The summed E-state index contributed by atoms with van der Waals surface area (Å²) in [6.45, 7) is 4.21. The number of nitrogens with one attached hydrogen (secondary N) is 2. The summed E-state index contributed by atoms with van der Waals surface area (Å²) in [5.74, 6) is 0.337. The average Bonchev–Trinajstić information content (AvgIpc) is 2.42. The fraction of sp³-hybridized carbons (Fsp3) is 0.231. The highest BCUT2D eigenvalue weighted by molar-refractivity contribution is 7.92. The van der Waals surface area contributed by atoms with Crippen LogP contribution in [0.4, 0.5) is 11.5 Å². The van der Waals surface area contributed by atoms with Gasteiger partial charge in [-0.15, -0.1) is 0 Å². The van der Waals surface area contributed by atoms with Crippen molar-refractivity contribution in [3.05, 3.63) is 42.4 Å². The highest BCUT2D eigenvalue weighted by atomic mass is 32.2. The first-order valence-electron chi connectivity index (χ1n) is 6.18. The fourth-order valence-electron chi connectivity index (χ4n) is 1.70. The molecule has 0 unspecified atom stereocenters. The first-order chi connectivity index (χ1) is 9.54. The minimum Gasteiger partial charge on any atom is -0.369 e. The highest BCUT2D eigenvalue weighted by Crippen LogP contribution is 2.22. The molecule has 20 heavy (non-hydrogen) atoms. The van der Waals surface area contributed by atoms with E-state index in [1.807, 2.05) is 6.92 Å². The van der Waals surface area contributed by atoms with Crippen LogP contribution in [0, 0.1) is 6.92 Å². The van der Waals surface area contributed by atoms with Crippen molar-refractivity contribution in [1.29, 1.82) is 0 Å². The topological polar surface area (TPSA) is 84.0 Å². The predicted octanol–water partition coefficient (Wildman–Crippen LogP) is 2.02. The van der Waals surface area contributed by atoms with E-state index < -0.39 is 10.0 Å². The first-order valence-corrected chi connectivity index (χ1v) is 7.66. The second kappa shape index (κ2) is 5.87. The lowest BCUT2D eigenvalue weighted by Crippen LogP contribution is -2.17. The molecule has 0 radical (unpaired) electrons.